The first-order valence-corrected chi connectivity index (χ1v) is 3.80. The molecule has 0 aromatic carbocycles. The van der Waals surface area contributed by atoms with E-state index in [2.05, 4.69) is 4.98 Å². The molecule has 0 fully saturated rings. The molecular formula is C7H7ClF2N2O. The lowest BCUT2D eigenvalue weighted by Gasteiger charge is -2.06. The number of nitrogens with two attached hydrogens (primary N) is 1. The van der Waals surface area contributed by atoms with Gasteiger partial charge in [-0.2, -0.15) is 0 Å². The summed E-state index contributed by atoms with van der Waals surface area (Å²) in [5, 5.41) is 8.99. The topological polar surface area (TPSA) is 59.1 Å². The maximum Gasteiger partial charge on any atom is 0.284 e. The van der Waals surface area contributed by atoms with E-state index in [0.29, 0.717) is 5.56 Å². The number of halogens is 3. The van der Waals surface area contributed by atoms with Crippen LogP contribution >= 0.6 is 11.6 Å². The van der Waals surface area contributed by atoms with Crippen LogP contribution in [0.4, 0.5) is 8.78 Å². The predicted octanol–water partition coefficient (Wildman–Crippen LogP) is 1.84. The first kappa shape index (κ1) is 10.1. The second kappa shape index (κ2) is 3.85. The fourth-order valence-electron chi connectivity index (χ4n) is 0.832. The fourth-order valence-corrected chi connectivity index (χ4v) is 1.05. The summed E-state index contributed by atoms with van der Waals surface area (Å²) >= 11 is 5.54. The van der Waals surface area contributed by atoms with Gasteiger partial charge in [-0.05, 0) is 0 Å². The maximum absolute atomic E-state index is 12.1. The van der Waals surface area contributed by atoms with Crippen molar-refractivity contribution >= 4 is 11.6 Å². The number of hydrogen-bond donors (Lipinski definition) is 2. The minimum atomic E-state index is -2.84. The van der Waals surface area contributed by atoms with Gasteiger partial charge in [-0.1, -0.05) is 11.6 Å². The van der Waals surface area contributed by atoms with Crippen LogP contribution < -0.4 is 5.73 Å². The Morgan fingerprint density at radius 1 is 1.62 bits per heavy atom. The van der Waals surface area contributed by atoms with Gasteiger partial charge in [0.05, 0.1) is 5.02 Å². The molecule has 72 valence electrons. The van der Waals surface area contributed by atoms with Gasteiger partial charge in [-0.25, -0.2) is 8.78 Å². The number of pyridine rings is 1. The van der Waals surface area contributed by atoms with Crippen LogP contribution in [0.1, 0.15) is 17.7 Å². The highest BCUT2D eigenvalue weighted by molar-refractivity contribution is 6.32. The monoisotopic (exact) mass is 208 g/mol. The fraction of sp³-hybridized carbons (Fsp3) is 0.286. The van der Waals surface area contributed by atoms with E-state index < -0.39 is 17.9 Å². The van der Waals surface area contributed by atoms with Crippen molar-refractivity contribution in [2.24, 2.45) is 5.73 Å². The summed E-state index contributed by atoms with van der Waals surface area (Å²) in [6.45, 7) is 0.0446. The van der Waals surface area contributed by atoms with Gasteiger partial charge in [0.2, 0.25) is 0 Å². The van der Waals surface area contributed by atoms with E-state index in [-0.39, 0.29) is 11.6 Å². The van der Waals surface area contributed by atoms with E-state index in [4.69, 9.17) is 22.4 Å². The number of aromatic hydroxyl groups is 1. The zero-order valence-electron chi connectivity index (χ0n) is 6.47. The van der Waals surface area contributed by atoms with Crippen molar-refractivity contribution < 1.29 is 13.9 Å². The van der Waals surface area contributed by atoms with E-state index in [9.17, 15) is 8.78 Å². The molecule has 3 N–H and O–H groups in total. The standard InChI is InChI=1S/C7H7ClF2N2O/c8-4-3(1-11)2-12-5(6(4)13)7(9)10/h2,7,13H,1,11H2. The van der Waals surface area contributed by atoms with Gasteiger partial charge in [0, 0.05) is 18.3 Å². The first-order valence-electron chi connectivity index (χ1n) is 3.42. The lowest BCUT2D eigenvalue weighted by Crippen LogP contribution is -2.01. The summed E-state index contributed by atoms with van der Waals surface area (Å²) in [6, 6.07) is 0. The molecule has 0 unspecified atom stereocenters. The van der Waals surface area contributed by atoms with Gasteiger partial charge in [0.25, 0.3) is 6.43 Å². The van der Waals surface area contributed by atoms with Gasteiger partial charge in [-0.15, -0.1) is 0 Å². The summed E-state index contributed by atoms with van der Waals surface area (Å²) in [5.41, 5.74) is 4.84. The summed E-state index contributed by atoms with van der Waals surface area (Å²) in [7, 11) is 0. The highest BCUT2D eigenvalue weighted by atomic mass is 35.5. The largest absolute Gasteiger partial charge is 0.504 e. The second-order valence-electron chi connectivity index (χ2n) is 2.34. The average molecular weight is 209 g/mol. The Morgan fingerprint density at radius 3 is 2.69 bits per heavy atom. The van der Waals surface area contributed by atoms with Crippen molar-refractivity contribution in [2.75, 3.05) is 0 Å². The van der Waals surface area contributed by atoms with Crippen molar-refractivity contribution in [1.29, 1.82) is 0 Å². The van der Waals surface area contributed by atoms with E-state index in [0.717, 1.165) is 6.20 Å². The van der Waals surface area contributed by atoms with E-state index >= 15 is 0 Å². The molecule has 0 amide bonds. The Kier molecular flexibility index (Phi) is 3.00. The zero-order valence-corrected chi connectivity index (χ0v) is 7.22. The maximum atomic E-state index is 12.1. The third kappa shape index (κ3) is 1.87. The molecular weight excluding hydrogens is 202 g/mol. The highest BCUT2D eigenvalue weighted by Gasteiger charge is 2.18. The number of nitrogens with zero attached hydrogens (tertiary/aromatic N) is 1. The molecule has 0 radical (unpaired) electrons. The zero-order chi connectivity index (χ0) is 10.0. The molecule has 1 rings (SSSR count). The lowest BCUT2D eigenvalue weighted by atomic mass is 10.2. The molecule has 1 aromatic heterocycles. The van der Waals surface area contributed by atoms with Gasteiger partial charge >= 0.3 is 0 Å². The summed E-state index contributed by atoms with van der Waals surface area (Å²) < 4.78 is 24.3. The van der Waals surface area contributed by atoms with Crippen LogP contribution in [0.3, 0.4) is 0 Å². The molecule has 3 nitrogen and oxygen atoms in total. The van der Waals surface area contributed by atoms with Crippen LogP contribution in [0.5, 0.6) is 5.75 Å². The molecule has 0 spiro atoms. The van der Waals surface area contributed by atoms with Crippen LogP contribution in [0, 0.1) is 0 Å². The smallest absolute Gasteiger partial charge is 0.284 e. The van der Waals surface area contributed by atoms with Crippen molar-refractivity contribution in [3.63, 3.8) is 0 Å². The molecule has 6 heteroatoms. The number of hydrogen-bond acceptors (Lipinski definition) is 3. The Morgan fingerprint density at radius 2 is 2.23 bits per heavy atom. The second-order valence-corrected chi connectivity index (χ2v) is 2.71. The summed E-state index contributed by atoms with van der Waals surface area (Å²) in [6.07, 6.45) is -1.71. The van der Waals surface area contributed by atoms with Gasteiger partial charge in [-0.3, -0.25) is 4.98 Å². The molecule has 0 saturated heterocycles. The lowest BCUT2D eigenvalue weighted by molar-refractivity contribution is 0.142. The summed E-state index contributed by atoms with van der Waals surface area (Å²) in [4.78, 5) is 3.34. The van der Waals surface area contributed by atoms with Crippen molar-refractivity contribution in [3.8, 4) is 5.75 Å². The van der Waals surface area contributed by atoms with Crippen LogP contribution in [0.2, 0.25) is 5.02 Å². The molecule has 0 bridgehead atoms. The van der Waals surface area contributed by atoms with E-state index in [1.807, 2.05) is 0 Å². The van der Waals surface area contributed by atoms with Crippen LogP contribution in [0.15, 0.2) is 6.20 Å². The molecule has 13 heavy (non-hydrogen) atoms. The molecule has 0 atom stereocenters. The predicted molar refractivity (Wildman–Crippen MR) is 43.8 cm³/mol. The van der Waals surface area contributed by atoms with Crippen LogP contribution in [0.25, 0.3) is 0 Å². The number of rotatable bonds is 2. The minimum absolute atomic E-state index is 0.0446. The Bertz CT molecular complexity index is 320. The van der Waals surface area contributed by atoms with Gasteiger partial charge < -0.3 is 10.8 Å². The van der Waals surface area contributed by atoms with Crippen LogP contribution in [-0.2, 0) is 6.54 Å². The molecule has 0 aliphatic carbocycles. The minimum Gasteiger partial charge on any atom is -0.504 e. The van der Waals surface area contributed by atoms with Crippen molar-refractivity contribution in [1.82, 2.24) is 4.98 Å². The Hall–Kier alpha value is -0.940. The molecule has 0 aliphatic rings. The SMILES string of the molecule is NCc1cnc(C(F)F)c(O)c1Cl. The summed E-state index contributed by atoms with van der Waals surface area (Å²) in [5.74, 6) is -0.695. The molecule has 1 aromatic rings. The molecule has 0 saturated carbocycles. The molecule has 1 heterocycles. The van der Waals surface area contributed by atoms with Crippen molar-refractivity contribution in [2.45, 2.75) is 13.0 Å². The Balaban J connectivity index is 3.23. The first-order chi connectivity index (χ1) is 6.07. The number of alkyl halides is 2. The quantitative estimate of drug-likeness (QED) is 0.780. The third-order valence-corrected chi connectivity index (χ3v) is 1.94. The third-order valence-electron chi connectivity index (χ3n) is 1.52. The number of aromatic nitrogens is 1. The molecule has 0 aliphatic heterocycles. The highest BCUT2D eigenvalue weighted by Crippen LogP contribution is 2.34. The van der Waals surface area contributed by atoms with E-state index in [1.165, 1.54) is 0 Å². The van der Waals surface area contributed by atoms with Gasteiger partial charge in [0.1, 0.15) is 5.69 Å². The normalized spacial score (nSPS) is 10.8. The van der Waals surface area contributed by atoms with Gasteiger partial charge in [0.15, 0.2) is 5.75 Å². The van der Waals surface area contributed by atoms with Crippen molar-refractivity contribution in [3.05, 3.63) is 22.5 Å². The average Bonchev–Trinajstić information content (AvgIpc) is 2.09. The van der Waals surface area contributed by atoms with E-state index in [1.54, 1.807) is 0 Å². The Labute approximate surface area is 78.1 Å². The van der Waals surface area contributed by atoms with Crippen LogP contribution in [-0.4, -0.2) is 10.1 Å².